The number of aryl methyl sites for hydroxylation is 1. The van der Waals surface area contributed by atoms with Gasteiger partial charge in [0, 0.05) is 12.5 Å². The van der Waals surface area contributed by atoms with Gasteiger partial charge < -0.3 is 4.74 Å². The molecule has 0 saturated carbocycles. The highest BCUT2D eigenvalue weighted by Gasteiger charge is 2.21. The Morgan fingerprint density at radius 2 is 1.67 bits per heavy atom. The maximum Gasteiger partial charge on any atom is 0.313 e. The second kappa shape index (κ2) is 9.43. The molecule has 0 bridgehead atoms. The summed E-state index contributed by atoms with van der Waals surface area (Å²) < 4.78 is 32.0. The quantitative estimate of drug-likeness (QED) is 0.526. The lowest BCUT2D eigenvalue weighted by Gasteiger charge is -2.12. The number of hydrogen-bond acceptors (Lipinski definition) is 5. The zero-order chi connectivity index (χ0) is 19.9. The van der Waals surface area contributed by atoms with Gasteiger partial charge in [-0.15, -0.1) is 0 Å². The Hall–Kier alpha value is -2.51. The number of benzene rings is 2. The second-order valence-corrected chi connectivity index (χ2v) is 8.12. The van der Waals surface area contributed by atoms with Crippen molar-refractivity contribution >= 4 is 21.8 Å². The lowest BCUT2D eigenvalue weighted by Crippen LogP contribution is -2.32. The summed E-state index contributed by atoms with van der Waals surface area (Å²) in [6.07, 6.45) is -0.389. The lowest BCUT2D eigenvalue weighted by molar-refractivity contribution is -0.147. The minimum Gasteiger partial charge on any atom is -0.460 e. The Morgan fingerprint density at radius 1 is 1.04 bits per heavy atom. The van der Waals surface area contributed by atoms with Gasteiger partial charge in [0.25, 0.3) is 0 Å². The number of ether oxygens (including phenoxy) is 1. The molecule has 0 radical (unpaired) electrons. The summed E-state index contributed by atoms with van der Waals surface area (Å²) in [5.41, 5.74) is 1.78. The van der Waals surface area contributed by atoms with Gasteiger partial charge in [-0.3, -0.25) is 9.59 Å². The van der Waals surface area contributed by atoms with E-state index in [9.17, 15) is 18.0 Å². The van der Waals surface area contributed by atoms with Crippen LogP contribution in [0, 0.1) is 12.8 Å². The van der Waals surface area contributed by atoms with Crippen molar-refractivity contribution in [2.24, 2.45) is 5.92 Å². The van der Waals surface area contributed by atoms with E-state index in [-0.39, 0.29) is 30.3 Å². The molecule has 0 fully saturated rings. The molecule has 144 valence electrons. The first kappa shape index (κ1) is 20.8. The average molecular weight is 389 g/mol. The summed E-state index contributed by atoms with van der Waals surface area (Å²) in [4.78, 5) is 24.1. The Morgan fingerprint density at radius 3 is 2.30 bits per heavy atom. The normalized spacial score (nSPS) is 12.4. The number of rotatable bonds is 9. The summed E-state index contributed by atoms with van der Waals surface area (Å²) in [5.74, 6) is -1.65. The number of esters is 1. The highest BCUT2D eigenvalue weighted by molar-refractivity contribution is 7.89. The highest BCUT2D eigenvalue weighted by atomic mass is 32.2. The molecule has 7 heteroatoms. The monoisotopic (exact) mass is 389 g/mol. The minimum atomic E-state index is -3.70. The molecule has 6 nitrogen and oxygen atoms in total. The van der Waals surface area contributed by atoms with Gasteiger partial charge in [0.05, 0.1) is 4.90 Å². The third kappa shape index (κ3) is 6.62. The third-order valence-electron chi connectivity index (χ3n) is 4.02. The van der Waals surface area contributed by atoms with Gasteiger partial charge in [0.2, 0.25) is 10.0 Å². The van der Waals surface area contributed by atoms with Crippen LogP contribution in [0.25, 0.3) is 0 Å². The molecule has 0 spiro atoms. The van der Waals surface area contributed by atoms with Crippen LogP contribution in [-0.4, -0.2) is 26.7 Å². The van der Waals surface area contributed by atoms with Crippen LogP contribution in [0.5, 0.6) is 0 Å². The first-order valence-corrected chi connectivity index (χ1v) is 10.0. The van der Waals surface area contributed by atoms with Crippen LogP contribution in [0.4, 0.5) is 0 Å². The van der Waals surface area contributed by atoms with Crippen molar-refractivity contribution in [2.45, 2.75) is 31.8 Å². The third-order valence-corrected chi connectivity index (χ3v) is 5.46. The van der Waals surface area contributed by atoms with E-state index >= 15 is 0 Å². The molecule has 2 aromatic rings. The fourth-order valence-corrected chi connectivity index (χ4v) is 3.39. The van der Waals surface area contributed by atoms with Crippen molar-refractivity contribution in [1.82, 2.24) is 4.72 Å². The molecule has 0 aliphatic rings. The molecule has 0 amide bonds. The van der Waals surface area contributed by atoms with Crippen molar-refractivity contribution in [3.05, 3.63) is 65.7 Å². The molecule has 0 saturated heterocycles. The predicted molar refractivity (Wildman–Crippen MR) is 101 cm³/mol. The van der Waals surface area contributed by atoms with Crippen molar-refractivity contribution in [3.63, 3.8) is 0 Å². The summed E-state index contributed by atoms with van der Waals surface area (Å²) >= 11 is 0. The summed E-state index contributed by atoms with van der Waals surface area (Å²) in [5, 5.41) is 0. The standard InChI is InChI=1S/C20H23NO5S/c1-15-8-10-18(11-9-15)27(24,25)21-13-16(2)19(22)12-20(23)26-14-17-6-4-3-5-7-17/h3-11,16,21H,12-14H2,1-2H3. The Kier molecular flexibility index (Phi) is 7.27. The molecule has 0 aromatic heterocycles. The van der Waals surface area contributed by atoms with E-state index in [0.29, 0.717) is 0 Å². The van der Waals surface area contributed by atoms with E-state index in [2.05, 4.69) is 4.72 Å². The van der Waals surface area contributed by atoms with Gasteiger partial charge in [0.1, 0.15) is 18.8 Å². The number of ketones is 1. The van der Waals surface area contributed by atoms with E-state index in [1.54, 1.807) is 19.1 Å². The van der Waals surface area contributed by atoms with Gasteiger partial charge >= 0.3 is 5.97 Å². The number of nitrogens with one attached hydrogen (secondary N) is 1. The van der Waals surface area contributed by atoms with Gasteiger partial charge in [-0.05, 0) is 24.6 Å². The smallest absolute Gasteiger partial charge is 0.313 e. The van der Waals surface area contributed by atoms with Crippen molar-refractivity contribution in [3.8, 4) is 0 Å². The van der Waals surface area contributed by atoms with E-state index in [0.717, 1.165) is 11.1 Å². The van der Waals surface area contributed by atoms with E-state index in [1.807, 2.05) is 37.3 Å². The van der Waals surface area contributed by atoms with Crippen LogP contribution >= 0.6 is 0 Å². The molecule has 2 aromatic carbocycles. The molecule has 0 heterocycles. The average Bonchev–Trinajstić information content (AvgIpc) is 2.65. The SMILES string of the molecule is Cc1ccc(S(=O)(=O)NCC(C)C(=O)CC(=O)OCc2ccccc2)cc1. The van der Waals surface area contributed by atoms with Crippen molar-refractivity contribution < 1.29 is 22.7 Å². The maximum absolute atomic E-state index is 12.2. The first-order valence-electron chi connectivity index (χ1n) is 8.56. The summed E-state index contributed by atoms with van der Waals surface area (Å²) in [7, 11) is -3.70. The van der Waals surface area contributed by atoms with E-state index in [4.69, 9.17) is 4.74 Å². The van der Waals surface area contributed by atoms with Crippen LogP contribution in [0.15, 0.2) is 59.5 Å². The van der Waals surface area contributed by atoms with Gasteiger partial charge in [-0.25, -0.2) is 13.1 Å². The van der Waals surface area contributed by atoms with Crippen LogP contribution in [0.2, 0.25) is 0 Å². The Labute approximate surface area is 159 Å². The maximum atomic E-state index is 12.2. The number of sulfonamides is 1. The summed E-state index contributed by atoms with van der Waals surface area (Å²) in [6.45, 7) is 3.45. The molecule has 1 atom stereocenters. The highest BCUT2D eigenvalue weighted by Crippen LogP contribution is 2.11. The topological polar surface area (TPSA) is 89.5 Å². The molecule has 0 aliphatic heterocycles. The van der Waals surface area contributed by atoms with Gasteiger partial charge in [0.15, 0.2) is 0 Å². The number of Topliss-reactive ketones (excluding diaryl/α,β-unsaturated/α-hetero) is 1. The molecule has 1 unspecified atom stereocenters. The molecule has 1 N–H and O–H groups in total. The molecule has 2 rings (SSSR count). The van der Waals surface area contributed by atoms with Gasteiger partial charge in [-0.2, -0.15) is 0 Å². The molecular weight excluding hydrogens is 366 g/mol. The minimum absolute atomic E-state index is 0.0823. The molecule has 0 aliphatic carbocycles. The second-order valence-electron chi connectivity index (χ2n) is 6.36. The van der Waals surface area contributed by atoms with Gasteiger partial charge in [-0.1, -0.05) is 55.0 Å². The molecule has 27 heavy (non-hydrogen) atoms. The largest absolute Gasteiger partial charge is 0.460 e. The molecular formula is C20H23NO5S. The van der Waals surface area contributed by atoms with Crippen molar-refractivity contribution in [1.29, 1.82) is 0 Å². The number of hydrogen-bond donors (Lipinski definition) is 1. The van der Waals surface area contributed by atoms with Crippen LogP contribution in [0.1, 0.15) is 24.5 Å². The predicted octanol–water partition coefficient (Wildman–Crippen LogP) is 2.61. The Balaban J connectivity index is 1.80. The van der Waals surface area contributed by atoms with Crippen LogP contribution in [-0.2, 0) is 31.0 Å². The fourth-order valence-electron chi connectivity index (χ4n) is 2.25. The van der Waals surface area contributed by atoms with E-state index < -0.39 is 21.9 Å². The van der Waals surface area contributed by atoms with Crippen LogP contribution in [0.3, 0.4) is 0 Å². The zero-order valence-electron chi connectivity index (χ0n) is 15.3. The summed E-state index contributed by atoms with van der Waals surface area (Å²) in [6, 6.07) is 15.6. The first-order chi connectivity index (χ1) is 12.8. The Bertz CT molecular complexity index is 876. The number of carbonyl (C=O) groups excluding carboxylic acids is 2. The zero-order valence-corrected chi connectivity index (χ0v) is 16.2. The van der Waals surface area contributed by atoms with Crippen molar-refractivity contribution in [2.75, 3.05) is 6.54 Å². The lowest BCUT2D eigenvalue weighted by atomic mass is 10.0. The van der Waals surface area contributed by atoms with Crippen LogP contribution < -0.4 is 4.72 Å². The van der Waals surface area contributed by atoms with E-state index in [1.165, 1.54) is 12.1 Å². The fraction of sp³-hybridized carbons (Fsp3) is 0.300. The number of carbonyl (C=O) groups is 2.